The number of benzene rings is 1. The zero-order valence-corrected chi connectivity index (χ0v) is 10.4. The molecule has 0 fully saturated rings. The third kappa shape index (κ3) is 2.55. The Labute approximate surface area is 108 Å². The second kappa shape index (κ2) is 5.51. The molecule has 1 aromatic carbocycles. The van der Waals surface area contributed by atoms with Gasteiger partial charge in [-0.2, -0.15) is 0 Å². The molecule has 0 aliphatic carbocycles. The second-order valence-electron chi connectivity index (χ2n) is 3.97. The van der Waals surface area contributed by atoms with Gasteiger partial charge in [0.05, 0.1) is 30.7 Å². The molecule has 0 bridgehead atoms. The van der Waals surface area contributed by atoms with Crippen molar-refractivity contribution >= 4 is 29.6 Å². The van der Waals surface area contributed by atoms with Gasteiger partial charge in [0.2, 0.25) is 5.91 Å². The van der Waals surface area contributed by atoms with Gasteiger partial charge in [-0.15, -0.1) is 11.8 Å². The molecule has 5 nitrogen and oxygen atoms in total. The van der Waals surface area contributed by atoms with Crippen molar-refractivity contribution in [3.63, 3.8) is 0 Å². The molecule has 6 heteroatoms. The predicted molar refractivity (Wildman–Crippen MR) is 68.0 cm³/mol. The molecular weight excluding hydrogens is 254 g/mol. The maximum Gasteiger partial charge on any atom is 0.237 e. The number of hydrogen-bond donors (Lipinski definition) is 2. The fourth-order valence-corrected chi connectivity index (χ4v) is 2.74. The largest absolute Gasteiger partial charge is 0.394 e. The van der Waals surface area contributed by atoms with E-state index in [0.29, 0.717) is 11.3 Å². The molecule has 0 saturated carbocycles. The molecular formula is C12H13NO4S. The molecule has 1 unspecified atom stereocenters. The van der Waals surface area contributed by atoms with Gasteiger partial charge in [0.1, 0.15) is 6.29 Å². The Bertz CT molecular complexity index is 477. The average Bonchev–Trinajstić information content (AvgIpc) is 2.41. The molecule has 2 N–H and O–H groups in total. The van der Waals surface area contributed by atoms with Gasteiger partial charge in [0.15, 0.2) is 0 Å². The molecule has 18 heavy (non-hydrogen) atoms. The number of carbonyl (C=O) groups excluding carboxylic acids is 2. The predicted octanol–water partition coefficient (Wildman–Crippen LogP) is 0.291. The van der Waals surface area contributed by atoms with Gasteiger partial charge in [-0.25, -0.2) is 0 Å². The number of carbonyl (C=O) groups is 2. The smallest absolute Gasteiger partial charge is 0.237 e. The van der Waals surface area contributed by atoms with Gasteiger partial charge in [-0.05, 0) is 18.2 Å². The number of rotatable bonds is 4. The zero-order chi connectivity index (χ0) is 13.1. The number of anilines is 1. The summed E-state index contributed by atoms with van der Waals surface area (Å²) in [5.41, 5.74) is 1.23. The standard InChI is InChI=1S/C12H13NO4S/c14-5-8-1-2-10-11(3-8)18-7-12(17)13(10)4-9(16)6-15/h1-3,5,9,15-16H,4,6-7H2. The Kier molecular flexibility index (Phi) is 4.00. The fraction of sp³-hybridized carbons (Fsp3) is 0.333. The van der Waals surface area contributed by atoms with Crippen LogP contribution in [0, 0.1) is 0 Å². The summed E-state index contributed by atoms with van der Waals surface area (Å²) >= 11 is 1.37. The Hall–Kier alpha value is -1.37. The highest BCUT2D eigenvalue weighted by Crippen LogP contribution is 2.35. The van der Waals surface area contributed by atoms with Crippen LogP contribution in [0.4, 0.5) is 5.69 Å². The van der Waals surface area contributed by atoms with Crippen LogP contribution >= 0.6 is 11.8 Å². The lowest BCUT2D eigenvalue weighted by molar-refractivity contribution is -0.116. The molecule has 1 aromatic rings. The second-order valence-corrected chi connectivity index (χ2v) is 4.99. The van der Waals surface area contributed by atoms with E-state index in [4.69, 9.17) is 5.11 Å². The number of fused-ring (bicyclic) bond motifs is 1. The monoisotopic (exact) mass is 267 g/mol. The molecule has 0 radical (unpaired) electrons. The van der Waals surface area contributed by atoms with Crippen LogP contribution in [0.3, 0.4) is 0 Å². The van der Waals surface area contributed by atoms with E-state index in [2.05, 4.69) is 0 Å². The molecule has 96 valence electrons. The number of β-amino-alcohol motifs (C(OH)–C–C–N with tert-alkyl or cyclic N) is 1. The Morgan fingerprint density at radius 2 is 2.28 bits per heavy atom. The number of nitrogens with zero attached hydrogens (tertiary/aromatic N) is 1. The molecule has 2 rings (SSSR count). The molecule has 1 aliphatic rings. The Morgan fingerprint density at radius 3 is 2.94 bits per heavy atom. The Morgan fingerprint density at radius 1 is 1.50 bits per heavy atom. The Balaban J connectivity index is 2.32. The lowest BCUT2D eigenvalue weighted by Gasteiger charge is -2.30. The first-order chi connectivity index (χ1) is 8.65. The number of aldehydes is 1. The van der Waals surface area contributed by atoms with E-state index in [-0.39, 0.29) is 18.2 Å². The van der Waals surface area contributed by atoms with Gasteiger partial charge in [-0.1, -0.05) is 0 Å². The first kappa shape index (κ1) is 13.1. The first-order valence-corrected chi connectivity index (χ1v) is 6.45. The van der Waals surface area contributed by atoms with E-state index < -0.39 is 12.7 Å². The van der Waals surface area contributed by atoms with Crippen molar-refractivity contribution in [1.82, 2.24) is 0 Å². The van der Waals surface area contributed by atoms with Crippen LogP contribution in [-0.4, -0.2) is 47.4 Å². The number of amides is 1. The molecule has 0 saturated heterocycles. The lowest BCUT2D eigenvalue weighted by Crippen LogP contribution is -2.41. The van der Waals surface area contributed by atoms with Crippen LogP contribution in [-0.2, 0) is 4.79 Å². The fourth-order valence-electron chi connectivity index (χ4n) is 1.76. The number of thioether (sulfide) groups is 1. The number of aliphatic hydroxyl groups is 2. The number of hydrogen-bond acceptors (Lipinski definition) is 5. The summed E-state index contributed by atoms with van der Waals surface area (Å²) in [6.45, 7) is -0.331. The minimum absolute atomic E-state index is 0.0589. The molecule has 1 atom stereocenters. The summed E-state index contributed by atoms with van der Waals surface area (Å²) < 4.78 is 0. The van der Waals surface area contributed by atoms with Gasteiger partial charge in [0.25, 0.3) is 0 Å². The maximum absolute atomic E-state index is 11.8. The highest BCUT2D eigenvalue weighted by Gasteiger charge is 2.26. The van der Waals surface area contributed by atoms with E-state index in [1.807, 2.05) is 0 Å². The maximum atomic E-state index is 11.8. The summed E-state index contributed by atoms with van der Waals surface area (Å²) in [6, 6.07) is 5.04. The highest BCUT2D eigenvalue weighted by atomic mass is 32.2. The number of aliphatic hydroxyl groups excluding tert-OH is 2. The van der Waals surface area contributed by atoms with Gasteiger partial charge in [-0.3, -0.25) is 9.59 Å². The average molecular weight is 267 g/mol. The SMILES string of the molecule is O=Cc1ccc2c(c1)SCC(=O)N2CC(O)CO. The normalized spacial score (nSPS) is 16.3. The quantitative estimate of drug-likeness (QED) is 0.767. The molecule has 1 amide bonds. The summed E-state index contributed by atoms with van der Waals surface area (Å²) in [7, 11) is 0. The van der Waals surface area contributed by atoms with E-state index in [0.717, 1.165) is 11.2 Å². The van der Waals surface area contributed by atoms with Crippen molar-refractivity contribution in [3.8, 4) is 0 Å². The molecule has 0 aromatic heterocycles. The summed E-state index contributed by atoms with van der Waals surface area (Å²) in [5, 5.41) is 18.3. The van der Waals surface area contributed by atoms with Crippen molar-refractivity contribution < 1.29 is 19.8 Å². The molecule has 0 spiro atoms. The topological polar surface area (TPSA) is 77.8 Å². The minimum atomic E-state index is -0.962. The van der Waals surface area contributed by atoms with E-state index in [1.165, 1.54) is 16.7 Å². The van der Waals surface area contributed by atoms with Crippen LogP contribution < -0.4 is 4.90 Å². The summed E-state index contributed by atoms with van der Waals surface area (Å²) in [4.78, 5) is 24.8. The summed E-state index contributed by atoms with van der Waals surface area (Å²) in [6.07, 6.45) is -0.208. The van der Waals surface area contributed by atoms with Crippen LogP contribution in [0.25, 0.3) is 0 Å². The third-order valence-electron chi connectivity index (χ3n) is 2.67. The summed E-state index contributed by atoms with van der Waals surface area (Å²) in [5.74, 6) is 0.159. The van der Waals surface area contributed by atoms with Gasteiger partial charge >= 0.3 is 0 Å². The van der Waals surface area contributed by atoms with Crippen LogP contribution in [0.1, 0.15) is 10.4 Å². The third-order valence-corrected chi connectivity index (χ3v) is 3.70. The molecule has 1 heterocycles. The van der Waals surface area contributed by atoms with Crippen molar-refractivity contribution in [2.75, 3.05) is 23.8 Å². The van der Waals surface area contributed by atoms with E-state index >= 15 is 0 Å². The highest BCUT2D eigenvalue weighted by molar-refractivity contribution is 8.00. The minimum Gasteiger partial charge on any atom is -0.394 e. The van der Waals surface area contributed by atoms with Crippen LogP contribution in [0.15, 0.2) is 23.1 Å². The molecule has 1 aliphatic heterocycles. The first-order valence-electron chi connectivity index (χ1n) is 5.47. The lowest BCUT2D eigenvalue weighted by atomic mass is 10.2. The van der Waals surface area contributed by atoms with E-state index in [1.54, 1.807) is 18.2 Å². The van der Waals surface area contributed by atoms with Crippen LogP contribution in [0.2, 0.25) is 0 Å². The van der Waals surface area contributed by atoms with E-state index in [9.17, 15) is 14.7 Å². The van der Waals surface area contributed by atoms with Crippen molar-refractivity contribution in [3.05, 3.63) is 23.8 Å². The van der Waals surface area contributed by atoms with Crippen molar-refractivity contribution in [2.24, 2.45) is 0 Å². The van der Waals surface area contributed by atoms with Gasteiger partial charge < -0.3 is 15.1 Å². The van der Waals surface area contributed by atoms with Gasteiger partial charge in [0, 0.05) is 10.5 Å². The van der Waals surface area contributed by atoms with Crippen LogP contribution in [0.5, 0.6) is 0 Å². The zero-order valence-electron chi connectivity index (χ0n) is 9.57. The van der Waals surface area contributed by atoms with Crippen molar-refractivity contribution in [2.45, 2.75) is 11.0 Å². The van der Waals surface area contributed by atoms with Crippen molar-refractivity contribution in [1.29, 1.82) is 0 Å².